The van der Waals surface area contributed by atoms with Gasteiger partial charge in [-0.1, -0.05) is 12.2 Å². The summed E-state index contributed by atoms with van der Waals surface area (Å²) in [6, 6.07) is 0. The topological polar surface area (TPSA) is 34.1 Å². The maximum absolute atomic E-state index is 10.6. The molecule has 1 fully saturated rings. The predicted molar refractivity (Wildman–Crippen MR) is 39.8 cm³/mol. The minimum Gasteiger partial charge on any atom is -0.303 e. The molecule has 0 aromatic rings. The van der Waals surface area contributed by atoms with Crippen LogP contribution in [0.4, 0.5) is 0 Å². The monoisotopic (exact) mass is 150 g/mol. The van der Waals surface area contributed by atoms with Gasteiger partial charge in [0.2, 0.25) is 0 Å². The van der Waals surface area contributed by atoms with Crippen molar-refractivity contribution in [2.45, 2.75) is 6.42 Å². The molecule has 0 saturated heterocycles. The molecule has 0 heterocycles. The lowest BCUT2D eigenvalue weighted by Gasteiger charge is -2.16. The van der Waals surface area contributed by atoms with E-state index in [0.717, 1.165) is 19.0 Å². The van der Waals surface area contributed by atoms with Crippen molar-refractivity contribution in [3.8, 4) is 0 Å². The van der Waals surface area contributed by atoms with E-state index in [1.165, 1.54) is 0 Å². The van der Waals surface area contributed by atoms with E-state index in [2.05, 4.69) is 12.2 Å². The number of aldehydes is 2. The van der Waals surface area contributed by atoms with Crippen molar-refractivity contribution < 1.29 is 9.59 Å². The summed E-state index contributed by atoms with van der Waals surface area (Å²) >= 11 is 0. The first kappa shape index (κ1) is 6.77. The molecule has 0 radical (unpaired) electrons. The highest BCUT2D eigenvalue weighted by Crippen LogP contribution is 2.45. The minimum absolute atomic E-state index is 0.0255. The van der Waals surface area contributed by atoms with E-state index in [-0.39, 0.29) is 11.8 Å². The van der Waals surface area contributed by atoms with E-state index in [1.807, 2.05) is 0 Å². The molecule has 0 spiro atoms. The van der Waals surface area contributed by atoms with E-state index in [0.29, 0.717) is 11.8 Å². The highest BCUT2D eigenvalue weighted by atomic mass is 16.1. The molecule has 2 aliphatic carbocycles. The summed E-state index contributed by atoms with van der Waals surface area (Å²) in [4.78, 5) is 21.1. The smallest absolute Gasteiger partial charge is 0.124 e. The molecule has 2 bridgehead atoms. The van der Waals surface area contributed by atoms with Crippen LogP contribution in [0.15, 0.2) is 12.2 Å². The largest absolute Gasteiger partial charge is 0.303 e. The van der Waals surface area contributed by atoms with Gasteiger partial charge >= 0.3 is 0 Å². The Morgan fingerprint density at radius 2 is 1.45 bits per heavy atom. The Balaban J connectivity index is 2.27. The van der Waals surface area contributed by atoms with Crippen LogP contribution in [-0.4, -0.2) is 12.6 Å². The third-order valence-electron chi connectivity index (χ3n) is 2.90. The van der Waals surface area contributed by atoms with E-state index in [4.69, 9.17) is 0 Å². The van der Waals surface area contributed by atoms with Crippen molar-refractivity contribution in [1.82, 2.24) is 0 Å². The SMILES string of the molecule is O=C[C@@H]1C2C=CC(C2)[C@H]1C=O. The molecule has 2 nitrogen and oxygen atoms in total. The summed E-state index contributed by atoms with van der Waals surface area (Å²) < 4.78 is 0. The van der Waals surface area contributed by atoms with Crippen molar-refractivity contribution in [1.29, 1.82) is 0 Å². The van der Waals surface area contributed by atoms with Crippen LogP contribution >= 0.6 is 0 Å². The quantitative estimate of drug-likeness (QED) is 0.431. The zero-order valence-corrected chi connectivity index (χ0v) is 6.14. The molecule has 0 N–H and O–H groups in total. The number of fused-ring (bicyclic) bond motifs is 2. The fourth-order valence-corrected chi connectivity index (χ4v) is 2.28. The van der Waals surface area contributed by atoms with Crippen molar-refractivity contribution >= 4 is 12.6 Å². The van der Waals surface area contributed by atoms with E-state index in [9.17, 15) is 9.59 Å². The van der Waals surface area contributed by atoms with Crippen LogP contribution < -0.4 is 0 Å². The molecular weight excluding hydrogens is 140 g/mol. The molecule has 2 aliphatic rings. The van der Waals surface area contributed by atoms with Gasteiger partial charge in [0.1, 0.15) is 12.6 Å². The summed E-state index contributed by atoms with van der Waals surface area (Å²) in [5.41, 5.74) is 0. The fraction of sp³-hybridized carbons (Fsp3) is 0.556. The van der Waals surface area contributed by atoms with E-state index >= 15 is 0 Å². The molecule has 4 atom stereocenters. The van der Waals surface area contributed by atoms with Crippen LogP contribution in [-0.2, 0) is 9.59 Å². The van der Waals surface area contributed by atoms with Gasteiger partial charge in [0.25, 0.3) is 0 Å². The molecule has 0 aliphatic heterocycles. The molecule has 2 unspecified atom stereocenters. The lowest BCUT2D eigenvalue weighted by molar-refractivity contribution is -0.119. The van der Waals surface area contributed by atoms with Gasteiger partial charge in [-0.05, 0) is 18.3 Å². The van der Waals surface area contributed by atoms with Crippen molar-refractivity contribution in [2.24, 2.45) is 23.7 Å². The Bertz CT molecular complexity index is 198. The second-order valence-corrected chi connectivity index (χ2v) is 3.38. The predicted octanol–water partition coefficient (Wildman–Crippen LogP) is 0.823. The highest BCUT2D eigenvalue weighted by molar-refractivity contribution is 5.68. The summed E-state index contributed by atoms with van der Waals surface area (Å²) in [6.45, 7) is 0. The van der Waals surface area contributed by atoms with Crippen LogP contribution in [0.3, 0.4) is 0 Å². The average molecular weight is 150 g/mol. The molecule has 0 aromatic heterocycles. The third kappa shape index (κ3) is 0.785. The van der Waals surface area contributed by atoms with Gasteiger partial charge in [0.15, 0.2) is 0 Å². The van der Waals surface area contributed by atoms with Crippen LogP contribution in [0.25, 0.3) is 0 Å². The highest BCUT2D eigenvalue weighted by Gasteiger charge is 2.43. The lowest BCUT2D eigenvalue weighted by atomic mass is 9.85. The Morgan fingerprint density at radius 1 is 1.00 bits per heavy atom. The third-order valence-corrected chi connectivity index (χ3v) is 2.90. The van der Waals surface area contributed by atoms with Gasteiger partial charge in [0, 0.05) is 11.8 Å². The summed E-state index contributed by atoms with van der Waals surface area (Å²) in [5, 5.41) is 0. The van der Waals surface area contributed by atoms with Crippen LogP contribution in [0.2, 0.25) is 0 Å². The molecule has 2 rings (SSSR count). The molecular formula is C9H10O2. The van der Waals surface area contributed by atoms with Gasteiger partial charge in [-0.3, -0.25) is 0 Å². The fourth-order valence-electron chi connectivity index (χ4n) is 2.28. The second kappa shape index (κ2) is 2.29. The van der Waals surface area contributed by atoms with E-state index < -0.39 is 0 Å². The number of hydrogen-bond donors (Lipinski definition) is 0. The molecule has 0 amide bonds. The molecule has 58 valence electrons. The van der Waals surface area contributed by atoms with Crippen molar-refractivity contribution in [3.63, 3.8) is 0 Å². The van der Waals surface area contributed by atoms with Crippen LogP contribution in [0.1, 0.15) is 6.42 Å². The molecule has 0 aromatic carbocycles. The summed E-state index contributed by atoms with van der Waals surface area (Å²) in [6.07, 6.45) is 7.03. The lowest BCUT2D eigenvalue weighted by Crippen LogP contribution is -2.21. The number of hydrogen-bond acceptors (Lipinski definition) is 2. The van der Waals surface area contributed by atoms with Gasteiger partial charge in [-0.2, -0.15) is 0 Å². The Hall–Kier alpha value is -0.920. The van der Waals surface area contributed by atoms with E-state index in [1.54, 1.807) is 0 Å². The number of rotatable bonds is 2. The normalized spacial score (nSPS) is 46.2. The minimum atomic E-state index is -0.0255. The maximum atomic E-state index is 10.6. The van der Waals surface area contributed by atoms with Gasteiger partial charge in [-0.15, -0.1) is 0 Å². The van der Waals surface area contributed by atoms with Crippen molar-refractivity contribution in [2.75, 3.05) is 0 Å². The number of allylic oxidation sites excluding steroid dienone is 2. The first-order chi connectivity index (χ1) is 5.36. The maximum Gasteiger partial charge on any atom is 0.124 e. The van der Waals surface area contributed by atoms with Crippen LogP contribution in [0, 0.1) is 23.7 Å². The molecule has 11 heavy (non-hydrogen) atoms. The standard InChI is InChI=1S/C9H10O2/c10-4-8-6-1-2-7(3-6)9(8)5-11/h1-2,4-9H,3H2/t6?,7?,8-,9-/m1/s1. The zero-order chi connectivity index (χ0) is 7.84. The first-order valence-electron chi connectivity index (χ1n) is 3.95. The van der Waals surface area contributed by atoms with Crippen molar-refractivity contribution in [3.05, 3.63) is 12.2 Å². The molecule has 1 saturated carbocycles. The Kier molecular flexibility index (Phi) is 1.41. The van der Waals surface area contributed by atoms with Gasteiger partial charge in [0.05, 0.1) is 0 Å². The second-order valence-electron chi connectivity index (χ2n) is 3.38. The molecule has 2 heteroatoms. The van der Waals surface area contributed by atoms with Gasteiger partial charge in [-0.25, -0.2) is 0 Å². The van der Waals surface area contributed by atoms with Gasteiger partial charge < -0.3 is 9.59 Å². The number of carbonyl (C=O) groups excluding carboxylic acids is 2. The first-order valence-corrected chi connectivity index (χ1v) is 3.95. The Morgan fingerprint density at radius 3 is 1.82 bits per heavy atom. The Labute approximate surface area is 65.3 Å². The number of carbonyl (C=O) groups is 2. The average Bonchev–Trinajstić information content (AvgIpc) is 2.60. The summed E-state index contributed by atoms with van der Waals surface area (Å²) in [5.74, 6) is 0.658. The summed E-state index contributed by atoms with van der Waals surface area (Å²) in [7, 11) is 0. The van der Waals surface area contributed by atoms with Crippen LogP contribution in [0.5, 0.6) is 0 Å². The zero-order valence-electron chi connectivity index (χ0n) is 6.14.